The van der Waals surface area contributed by atoms with Gasteiger partial charge >= 0.3 is 6.03 Å². The minimum absolute atomic E-state index is 0.172. The number of carbonyl (C=O) groups excluding carboxylic acids is 1. The first-order valence-electron chi connectivity index (χ1n) is 10.8. The van der Waals surface area contributed by atoms with Crippen LogP contribution in [0.5, 0.6) is 0 Å². The highest BCUT2D eigenvalue weighted by atomic mass is 16.2. The van der Waals surface area contributed by atoms with Gasteiger partial charge in [-0.1, -0.05) is 48.5 Å². The molecule has 31 heavy (non-hydrogen) atoms. The van der Waals surface area contributed by atoms with Crippen LogP contribution in [0, 0.1) is 0 Å². The molecule has 0 atom stereocenters. The molecule has 0 spiro atoms. The predicted molar refractivity (Wildman–Crippen MR) is 125 cm³/mol. The number of rotatable bonds is 7. The molecule has 160 valence electrons. The summed E-state index contributed by atoms with van der Waals surface area (Å²) in [5.74, 6) is 1.06. The first-order chi connectivity index (χ1) is 15.3. The second-order valence-corrected chi connectivity index (χ2v) is 7.76. The number of hydrogen-bond donors (Lipinski definition) is 2. The number of anilines is 2. The molecule has 0 saturated carbocycles. The van der Waals surface area contributed by atoms with Gasteiger partial charge in [-0.05, 0) is 41.8 Å². The maximum atomic E-state index is 12.1. The van der Waals surface area contributed by atoms with Crippen LogP contribution in [0.4, 0.5) is 16.3 Å². The van der Waals surface area contributed by atoms with Crippen LogP contribution in [0.3, 0.4) is 0 Å². The van der Waals surface area contributed by atoms with Gasteiger partial charge in [0.2, 0.25) is 0 Å². The molecule has 6 heteroatoms. The Hall–Kier alpha value is -3.38. The third-order valence-electron chi connectivity index (χ3n) is 5.51. The molecule has 3 aromatic rings. The number of piperazine rings is 1. The monoisotopic (exact) mass is 415 g/mol. The van der Waals surface area contributed by atoms with Gasteiger partial charge in [0.25, 0.3) is 0 Å². The number of amides is 2. The van der Waals surface area contributed by atoms with Crippen molar-refractivity contribution in [3.05, 3.63) is 90.1 Å². The number of hydrogen-bond acceptors (Lipinski definition) is 4. The Morgan fingerprint density at radius 1 is 0.839 bits per heavy atom. The van der Waals surface area contributed by atoms with Gasteiger partial charge in [0.1, 0.15) is 5.82 Å². The first-order valence-corrected chi connectivity index (χ1v) is 10.8. The third-order valence-corrected chi connectivity index (χ3v) is 5.51. The molecule has 2 heterocycles. The molecule has 2 aromatic carbocycles. The summed E-state index contributed by atoms with van der Waals surface area (Å²) >= 11 is 0. The maximum absolute atomic E-state index is 12.1. The van der Waals surface area contributed by atoms with Gasteiger partial charge in [0.15, 0.2) is 0 Å². The smallest absolute Gasteiger partial charge is 0.319 e. The Morgan fingerprint density at radius 3 is 2.29 bits per heavy atom. The second kappa shape index (κ2) is 10.6. The van der Waals surface area contributed by atoms with E-state index < -0.39 is 0 Å². The van der Waals surface area contributed by atoms with Gasteiger partial charge in [0.05, 0.1) is 0 Å². The molecule has 0 radical (unpaired) electrons. The number of carbonyl (C=O) groups is 1. The summed E-state index contributed by atoms with van der Waals surface area (Å²) in [6.45, 7) is 5.53. The predicted octanol–water partition coefficient (Wildman–Crippen LogP) is 3.77. The number of urea groups is 1. The van der Waals surface area contributed by atoms with Gasteiger partial charge in [-0.2, -0.15) is 0 Å². The molecule has 1 saturated heterocycles. The first kappa shape index (κ1) is 20.9. The van der Waals surface area contributed by atoms with Crippen molar-refractivity contribution >= 4 is 17.5 Å². The molecular formula is C25H29N5O. The molecule has 0 bridgehead atoms. The molecule has 1 aliphatic rings. The van der Waals surface area contributed by atoms with Gasteiger partial charge in [-0.3, -0.25) is 4.90 Å². The van der Waals surface area contributed by atoms with Crippen molar-refractivity contribution in [1.82, 2.24) is 15.2 Å². The van der Waals surface area contributed by atoms with Crippen molar-refractivity contribution in [3.8, 4) is 0 Å². The van der Waals surface area contributed by atoms with E-state index in [0.29, 0.717) is 6.54 Å². The van der Waals surface area contributed by atoms with E-state index in [1.54, 1.807) is 0 Å². The van der Waals surface area contributed by atoms with Crippen LogP contribution in [-0.2, 0) is 13.0 Å². The van der Waals surface area contributed by atoms with Crippen LogP contribution < -0.4 is 15.5 Å². The summed E-state index contributed by atoms with van der Waals surface area (Å²) in [6.07, 6.45) is 2.67. The number of aromatic nitrogens is 1. The van der Waals surface area contributed by atoms with Crippen molar-refractivity contribution in [2.24, 2.45) is 0 Å². The van der Waals surface area contributed by atoms with Crippen molar-refractivity contribution in [3.63, 3.8) is 0 Å². The van der Waals surface area contributed by atoms with Gasteiger partial charge in [0, 0.05) is 51.2 Å². The van der Waals surface area contributed by atoms with Crippen LogP contribution in [-0.4, -0.2) is 48.6 Å². The Bertz CT molecular complexity index is 939. The fraction of sp³-hybridized carbons (Fsp3) is 0.280. The molecule has 6 nitrogen and oxygen atoms in total. The minimum Gasteiger partial charge on any atom is -0.354 e. The third kappa shape index (κ3) is 6.30. The molecule has 1 aromatic heterocycles. The number of benzene rings is 2. The van der Waals surface area contributed by atoms with E-state index in [2.05, 4.69) is 55.7 Å². The summed E-state index contributed by atoms with van der Waals surface area (Å²) in [4.78, 5) is 21.3. The highest BCUT2D eigenvalue weighted by Gasteiger charge is 2.17. The van der Waals surface area contributed by atoms with Crippen LogP contribution in [0.2, 0.25) is 0 Å². The van der Waals surface area contributed by atoms with Gasteiger partial charge < -0.3 is 15.5 Å². The number of nitrogens with one attached hydrogen (secondary N) is 2. The lowest BCUT2D eigenvalue weighted by atomic mass is 10.1. The average Bonchev–Trinajstić information content (AvgIpc) is 2.82. The summed E-state index contributed by atoms with van der Waals surface area (Å²) < 4.78 is 0. The fourth-order valence-corrected chi connectivity index (χ4v) is 3.77. The molecule has 2 amide bonds. The quantitative estimate of drug-likeness (QED) is 0.617. The number of nitrogens with zero attached hydrogens (tertiary/aromatic N) is 3. The van der Waals surface area contributed by atoms with Crippen molar-refractivity contribution in [2.45, 2.75) is 13.0 Å². The molecule has 1 aliphatic heterocycles. The lowest BCUT2D eigenvalue weighted by molar-refractivity contribution is 0.249. The Morgan fingerprint density at radius 2 is 1.58 bits per heavy atom. The van der Waals surface area contributed by atoms with Crippen LogP contribution in [0.15, 0.2) is 79.0 Å². The SMILES string of the molecule is O=C(NCCc1ccccc1)Nc1ccc(CN2CCN(c3ccccn3)CC2)cc1. The van der Waals surface area contributed by atoms with Crippen LogP contribution >= 0.6 is 0 Å². The van der Waals surface area contributed by atoms with Crippen molar-refractivity contribution < 1.29 is 4.79 Å². The van der Waals surface area contributed by atoms with Crippen molar-refractivity contribution in [2.75, 3.05) is 42.9 Å². The Labute approximate surface area is 183 Å². The molecule has 0 aliphatic carbocycles. The number of pyridine rings is 1. The standard InChI is InChI=1S/C25H29N5O/c31-25(27-15-13-21-6-2-1-3-7-21)28-23-11-9-22(10-12-23)20-29-16-18-30(19-17-29)24-8-4-5-14-26-24/h1-12,14H,13,15-20H2,(H2,27,28,31). The average molecular weight is 416 g/mol. The van der Waals surface area contributed by atoms with E-state index in [-0.39, 0.29) is 6.03 Å². The van der Waals surface area contributed by atoms with E-state index in [9.17, 15) is 4.79 Å². The highest BCUT2D eigenvalue weighted by molar-refractivity contribution is 5.89. The zero-order valence-corrected chi connectivity index (χ0v) is 17.7. The van der Waals surface area contributed by atoms with Crippen LogP contribution in [0.1, 0.15) is 11.1 Å². The summed E-state index contributed by atoms with van der Waals surface area (Å²) in [5.41, 5.74) is 3.27. The van der Waals surface area contributed by atoms with E-state index in [1.807, 2.05) is 48.7 Å². The minimum atomic E-state index is -0.172. The molecule has 4 rings (SSSR count). The summed E-state index contributed by atoms with van der Waals surface area (Å²) in [7, 11) is 0. The summed E-state index contributed by atoms with van der Waals surface area (Å²) in [6, 6.07) is 24.1. The van der Waals surface area contributed by atoms with Crippen molar-refractivity contribution in [1.29, 1.82) is 0 Å². The lowest BCUT2D eigenvalue weighted by Crippen LogP contribution is -2.46. The maximum Gasteiger partial charge on any atom is 0.319 e. The second-order valence-electron chi connectivity index (χ2n) is 7.76. The molecule has 1 fully saturated rings. The highest BCUT2D eigenvalue weighted by Crippen LogP contribution is 2.16. The van der Waals surface area contributed by atoms with E-state index in [4.69, 9.17) is 0 Å². The molecule has 0 unspecified atom stereocenters. The fourth-order valence-electron chi connectivity index (χ4n) is 3.77. The Kier molecular flexibility index (Phi) is 7.13. The molecule has 2 N–H and O–H groups in total. The summed E-state index contributed by atoms with van der Waals surface area (Å²) in [5, 5.41) is 5.82. The Balaban J connectivity index is 1.18. The van der Waals surface area contributed by atoms with Gasteiger partial charge in [-0.25, -0.2) is 9.78 Å². The molecular weight excluding hydrogens is 386 g/mol. The van der Waals surface area contributed by atoms with E-state index in [0.717, 1.165) is 50.6 Å². The largest absolute Gasteiger partial charge is 0.354 e. The van der Waals surface area contributed by atoms with E-state index >= 15 is 0 Å². The van der Waals surface area contributed by atoms with E-state index in [1.165, 1.54) is 11.1 Å². The van der Waals surface area contributed by atoms with Gasteiger partial charge in [-0.15, -0.1) is 0 Å². The topological polar surface area (TPSA) is 60.5 Å². The zero-order chi connectivity index (χ0) is 21.3. The van der Waals surface area contributed by atoms with Crippen LogP contribution in [0.25, 0.3) is 0 Å². The normalized spacial score (nSPS) is 14.3. The zero-order valence-electron chi connectivity index (χ0n) is 17.7. The lowest BCUT2D eigenvalue weighted by Gasteiger charge is -2.35.